The molecular formula is C18H17N5OS. The van der Waals surface area contributed by atoms with E-state index in [4.69, 9.17) is 0 Å². The predicted octanol–water partition coefficient (Wildman–Crippen LogP) is 3.66. The molecule has 0 aliphatic rings. The summed E-state index contributed by atoms with van der Waals surface area (Å²) in [6.45, 7) is 3.05. The predicted molar refractivity (Wildman–Crippen MR) is 101 cm³/mol. The fourth-order valence-electron chi connectivity index (χ4n) is 3.07. The van der Waals surface area contributed by atoms with E-state index in [1.807, 2.05) is 18.2 Å². The Labute approximate surface area is 148 Å². The monoisotopic (exact) mass is 351 g/mol. The van der Waals surface area contributed by atoms with Crippen molar-refractivity contribution >= 4 is 45.2 Å². The molecule has 0 saturated heterocycles. The summed E-state index contributed by atoms with van der Waals surface area (Å²) < 4.78 is 2.29. The first kappa shape index (κ1) is 15.7. The van der Waals surface area contributed by atoms with Crippen LogP contribution in [-0.4, -0.2) is 31.6 Å². The number of nitrogens with zero attached hydrogens (tertiary/aromatic N) is 3. The second kappa shape index (κ2) is 6.60. The highest BCUT2D eigenvalue weighted by Crippen LogP contribution is 2.31. The second-order valence-electron chi connectivity index (χ2n) is 5.64. The van der Waals surface area contributed by atoms with Crippen LogP contribution < -0.4 is 5.32 Å². The van der Waals surface area contributed by atoms with Crippen LogP contribution in [0.5, 0.6) is 0 Å². The SMILES string of the molecule is CCn1c2ccccc2c2cc(NC(=O)CSc3cn[nH]n3)ccc21. The van der Waals surface area contributed by atoms with Gasteiger partial charge in [0.1, 0.15) is 5.03 Å². The van der Waals surface area contributed by atoms with Crippen molar-refractivity contribution in [3.8, 4) is 0 Å². The summed E-state index contributed by atoms with van der Waals surface area (Å²) in [5.41, 5.74) is 3.20. The van der Waals surface area contributed by atoms with Gasteiger partial charge in [0.2, 0.25) is 5.91 Å². The minimum absolute atomic E-state index is 0.0634. The Kier molecular flexibility index (Phi) is 4.15. The zero-order valence-corrected chi connectivity index (χ0v) is 14.5. The topological polar surface area (TPSA) is 75.6 Å². The Morgan fingerprint density at radius 1 is 1.20 bits per heavy atom. The van der Waals surface area contributed by atoms with Gasteiger partial charge in [0, 0.05) is 34.0 Å². The first-order valence-corrected chi connectivity index (χ1v) is 9.04. The molecule has 0 saturated carbocycles. The zero-order valence-electron chi connectivity index (χ0n) is 13.7. The van der Waals surface area contributed by atoms with Gasteiger partial charge in [-0.25, -0.2) is 0 Å². The summed E-state index contributed by atoms with van der Waals surface area (Å²) in [6.07, 6.45) is 1.60. The number of benzene rings is 2. The molecule has 2 heterocycles. The fraction of sp³-hybridized carbons (Fsp3) is 0.167. The van der Waals surface area contributed by atoms with Gasteiger partial charge in [-0.2, -0.15) is 10.3 Å². The van der Waals surface area contributed by atoms with Crippen molar-refractivity contribution in [1.82, 2.24) is 20.0 Å². The quantitative estimate of drug-likeness (QED) is 0.538. The normalized spacial score (nSPS) is 11.2. The molecule has 0 fully saturated rings. The number of hydrogen-bond acceptors (Lipinski definition) is 4. The molecule has 25 heavy (non-hydrogen) atoms. The first-order valence-electron chi connectivity index (χ1n) is 8.05. The van der Waals surface area contributed by atoms with Gasteiger partial charge >= 0.3 is 0 Å². The smallest absolute Gasteiger partial charge is 0.234 e. The Bertz CT molecular complexity index is 1040. The molecule has 126 valence electrons. The maximum absolute atomic E-state index is 12.2. The minimum Gasteiger partial charge on any atom is -0.341 e. The Morgan fingerprint density at radius 2 is 2.04 bits per heavy atom. The molecule has 0 unspecified atom stereocenters. The zero-order chi connectivity index (χ0) is 17.2. The van der Waals surface area contributed by atoms with Crippen LogP contribution in [0, 0.1) is 0 Å². The summed E-state index contributed by atoms with van der Waals surface area (Å²) in [4.78, 5) is 12.2. The van der Waals surface area contributed by atoms with E-state index in [1.165, 1.54) is 28.2 Å². The summed E-state index contributed by atoms with van der Waals surface area (Å²) >= 11 is 1.35. The molecule has 2 aromatic heterocycles. The number of aromatic amines is 1. The van der Waals surface area contributed by atoms with E-state index >= 15 is 0 Å². The maximum atomic E-state index is 12.2. The highest BCUT2D eigenvalue weighted by molar-refractivity contribution is 7.99. The lowest BCUT2D eigenvalue weighted by atomic mass is 10.1. The van der Waals surface area contributed by atoms with Gasteiger partial charge in [-0.3, -0.25) is 4.79 Å². The van der Waals surface area contributed by atoms with Crippen LogP contribution in [0.1, 0.15) is 6.92 Å². The Morgan fingerprint density at radius 3 is 2.84 bits per heavy atom. The molecule has 2 N–H and O–H groups in total. The van der Waals surface area contributed by atoms with E-state index < -0.39 is 0 Å². The molecule has 2 aromatic carbocycles. The number of para-hydroxylation sites is 1. The van der Waals surface area contributed by atoms with Crippen LogP contribution in [0.25, 0.3) is 21.8 Å². The first-order chi connectivity index (χ1) is 12.3. The van der Waals surface area contributed by atoms with E-state index in [9.17, 15) is 4.79 Å². The molecule has 0 bridgehead atoms. The van der Waals surface area contributed by atoms with Crippen LogP contribution >= 0.6 is 11.8 Å². The Hall–Kier alpha value is -2.80. The summed E-state index contributed by atoms with van der Waals surface area (Å²) in [5, 5.41) is 16.2. The van der Waals surface area contributed by atoms with Gasteiger partial charge < -0.3 is 9.88 Å². The lowest BCUT2D eigenvalue weighted by molar-refractivity contribution is -0.113. The van der Waals surface area contributed by atoms with Crippen LogP contribution in [0.15, 0.2) is 53.7 Å². The van der Waals surface area contributed by atoms with E-state index in [0.29, 0.717) is 10.8 Å². The van der Waals surface area contributed by atoms with Gasteiger partial charge in [-0.15, -0.1) is 5.10 Å². The van der Waals surface area contributed by atoms with Crippen LogP contribution in [0.4, 0.5) is 5.69 Å². The van der Waals surface area contributed by atoms with Crippen molar-refractivity contribution in [2.75, 3.05) is 11.1 Å². The van der Waals surface area contributed by atoms with Crippen molar-refractivity contribution in [3.05, 3.63) is 48.7 Å². The third kappa shape index (κ3) is 2.98. The number of rotatable bonds is 5. The molecule has 0 spiro atoms. The number of thioether (sulfide) groups is 1. The number of aryl methyl sites for hydroxylation is 1. The van der Waals surface area contributed by atoms with Crippen molar-refractivity contribution in [3.63, 3.8) is 0 Å². The van der Waals surface area contributed by atoms with Gasteiger partial charge in [0.05, 0.1) is 11.9 Å². The minimum atomic E-state index is -0.0634. The number of fused-ring (bicyclic) bond motifs is 3. The van der Waals surface area contributed by atoms with E-state index in [0.717, 1.165) is 17.6 Å². The number of amides is 1. The third-order valence-electron chi connectivity index (χ3n) is 4.12. The molecule has 0 aliphatic carbocycles. The largest absolute Gasteiger partial charge is 0.341 e. The van der Waals surface area contributed by atoms with Gasteiger partial charge in [-0.05, 0) is 31.2 Å². The number of aromatic nitrogens is 4. The summed E-state index contributed by atoms with van der Waals surface area (Å²) in [5.74, 6) is 0.230. The number of H-pyrrole nitrogens is 1. The van der Waals surface area contributed by atoms with Crippen molar-refractivity contribution < 1.29 is 4.79 Å². The number of carbonyl (C=O) groups is 1. The fourth-order valence-corrected chi connectivity index (χ4v) is 3.65. The summed E-state index contributed by atoms with van der Waals surface area (Å²) in [7, 11) is 0. The van der Waals surface area contributed by atoms with Crippen molar-refractivity contribution in [1.29, 1.82) is 0 Å². The second-order valence-corrected chi connectivity index (χ2v) is 6.63. The molecule has 0 aliphatic heterocycles. The van der Waals surface area contributed by atoms with Gasteiger partial charge in [0.25, 0.3) is 0 Å². The summed E-state index contributed by atoms with van der Waals surface area (Å²) in [6, 6.07) is 14.4. The molecule has 7 heteroatoms. The van der Waals surface area contributed by atoms with Crippen molar-refractivity contribution in [2.45, 2.75) is 18.5 Å². The molecule has 4 aromatic rings. The molecule has 6 nitrogen and oxygen atoms in total. The highest BCUT2D eigenvalue weighted by atomic mass is 32.2. The molecular weight excluding hydrogens is 334 g/mol. The van der Waals surface area contributed by atoms with E-state index in [2.05, 4.69) is 56.5 Å². The van der Waals surface area contributed by atoms with E-state index in [1.54, 1.807) is 6.20 Å². The van der Waals surface area contributed by atoms with Crippen LogP contribution in [0.2, 0.25) is 0 Å². The average molecular weight is 351 g/mol. The van der Waals surface area contributed by atoms with E-state index in [-0.39, 0.29) is 5.91 Å². The highest BCUT2D eigenvalue weighted by Gasteiger charge is 2.11. The third-order valence-corrected chi connectivity index (χ3v) is 5.02. The molecule has 0 radical (unpaired) electrons. The number of anilines is 1. The number of hydrogen-bond donors (Lipinski definition) is 2. The molecule has 4 rings (SSSR count). The van der Waals surface area contributed by atoms with Gasteiger partial charge in [-0.1, -0.05) is 30.0 Å². The maximum Gasteiger partial charge on any atom is 0.234 e. The Balaban J connectivity index is 1.60. The molecule has 1 amide bonds. The number of carbonyl (C=O) groups excluding carboxylic acids is 1. The molecule has 0 atom stereocenters. The average Bonchev–Trinajstić information content (AvgIpc) is 3.25. The number of nitrogens with one attached hydrogen (secondary N) is 2. The standard InChI is InChI=1S/C18H17N5OS/c1-2-23-15-6-4-3-5-13(15)14-9-12(7-8-16(14)23)20-17(24)11-25-18-10-19-22-21-18/h3-10H,2,11H2,1H3,(H,20,24)(H,19,21,22). The van der Waals surface area contributed by atoms with Crippen molar-refractivity contribution in [2.24, 2.45) is 0 Å². The van der Waals surface area contributed by atoms with Crippen LogP contribution in [0.3, 0.4) is 0 Å². The lowest BCUT2D eigenvalue weighted by Gasteiger charge is -2.06. The van der Waals surface area contributed by atoms with Crippen LogP contribution in [-0.2, 0) is 11.3 Å². The van der Waals surface area contributed by atoms with Gasteiger partial charge in [0.15, 0.2) is 0 Å². The lowest BCUT2D eigenvalue weighted by Crippen LogP contribution is -2.13.